The number of benzene rings is 1. The van der Waals surface area contributed by atoms with Crippen LogP contribution in [0.5, 0.6) is 5.75 Å². The first-order valence-electron chi connectivity index (χ1n) is 10.1. The maximum absolute atomic E-state index is 12.6. The van der Waals surface area contributed by atoms with Crippen LogP contribution in [0.25, 0.3) is 0 Å². The second kappa shape index (κ2) is 9.24. The van der Waals surface area contributed by atoms with E-state index in [9.17, 15) is 13.2 Å². The number of ether oxygens (including phenoxy) is 1. The second-order valence-electron chi connectivity index (χ2n) is 7.86. The molecule has 1 aromatic carbocycles. The molecule has 156 valence electrons. The maximum Gasteiger partial charge on any atom is 0.260 e. The van der Waals surface area contributed by atoms with Crippen LogP contribution in [0.4, 0.5) is 0 Å². The van der Waals surface area contributed by atoms with Crippen LogP contribution in [-0.4, -0.2) is 70.0 Å². The Labute approximate surface area is 168 Å². The topological polar surface area (TPSA) is 78.9 Å². The molecule has 3 rings (SSSR count). The molecule has 1 saturated heterocycles. The molecular weight excluding hydrogens is 378 g/mol. The lowest BCUT2D eigenvalue weighted by Crippen LogP contribution is -2.48. The summed E-state index contributed by atoms with van der Waals surface area (Å²) in [7, 11) is -1.50. The third kappa shape index (κ3) is 5.46. The van der Waals surface area contributed by atoms with Crippen molar-refractivity contribution in [2.75, 3.05) is 39.8 Å². The SMILES string of the molecule is Cc1cc(S(=O)(=O)NC2CCCCC2)ccc1OCC(=O)N1CCN(C)CC1. The van der Waals surface area contributed by atoms with Crippen molar-refractivity contribution in [1.29, 1.82) is 0 Å². The molecule has 8 heteroatoms. The number of hydrogen-bond donors (Lipinski definition) is 1. The van der Waals surface area contributed by atoms with Crippen LogP contribution in [-0.2, 0) is 14.8 Å². The Morgan fingerprint density at radius 3 is 2.46 bits per heavy atom. The normalized spacial score (nSPS) is 19.6. The standard InChI is InChI=1S/C20H31N3O4S/c1-16-14-18(28(25,26)21-17-6-4-3-5-7-17)8-9-19(16)27-15-20(24)23-12-10-22(2)11-13-23/h8-9,14,17,21H,3-7,10-13,15H2,1-2H3. The largest absolute Gasteiger partial charge is 0.483 e. The Kier molecular flexibility index (Phi) is 6.95. The van der Waals surface area contributed by atoms with Crippen LogP contribution in [0.1, 0.15) is 37.7 Å². The zero-order chi connectivity index (χ0) is 20.1. The maximum atomic E-state index is 12.6. The van der Waals surface area contributed by atoms with Gasteiger partial charge in [-0.3, -0.25) is 4.79 Å². The third-order valence-corrected chi connectivity index (χ3v) is 7.11. The van der Waals surface area contributed by atoms with Crippen molar-refractivity contribution < 1.29 is 17.9 Å². The molecule has 0 radical (unpaired) electrons. The van der Waals surface area contributed by atoms with Crippen LogP contribution in [0, 0.1) is 6.92 Å². The Hall–Kier alpha value is -1.64. The number of amides is 1. The summed E-state index contributed by atoms with van der Waals surface area (Å²) in [6, 6.07) is 4.83. The zero-order valence-corrected chi connectivity index (χ0v) is 17.6. The van der Waals surface area contributed by atoms with Crippen molar-refractivity contribution in [3.05, 3.63) is 23.8 Å². The number of piperazine rings is 1. The summed E-state index contributed by atoms with van der Waals surface area (Å²) >= 11 is 0. The first-order valence-corrected chi connectivity index (χ1v) is 11.6. The summed E-state index contributed by atoms with van der Waals surface area (Å²) in [6.07, 6.45) is 5.11. The van der Waals surface area contributed by atoms with Crippen LogP contribution < -0.4 is 9.46 Å². The first-order chi connectivity index (χ1) is 13.3. The Morgan fingerprint density at radius 1 is 1.14 bits per heavy atom. The zero-order valence-electron chi connectivity index (χ0n) is 16.8. The average Bonchev–Trinajstić information content (AvgIpc) is 2.67. The fourth-order valence-corrected chi connectivity index (χ4v) is 5.14. The molecule has 0 aromatic heterocycles. The number of nitrogens with one attached hydrogen (secondary N) is 1. The van der Waals surface area contributed by atoms with E-state index in [1.807, 2.05) is 11.9 Å². The minimum Gasteiger partial charge on any atom is -0.483 e. The van der Waals surface area contributed by atoms with Gasteiger partial charge in [0.25, 0.3) is 5.91 Å². The molecule has 0 spiro atoms. The van der Waals surface area contributed by atoms with Gasteiger partial charge in [0.15, 0.2) is 6.61 Å². The quantitative estimate of drug-likeness (QED) is 0.775. The molecule has 1 aromatic rings. The molecule has 1 amide bonds. The van der Waals surface area contributed by atoms with E-state index in [0.717, 1.165) is 38.8 Å². The minimum atomic E-state index is -3.54. The number of hydrogen-bond acceptors (Lipinski definition) is 5. The lowest BCUT2D eigenvalue weighted by molar-refractivity contribution is -0.134. The average molecular weight is 410 g/mol. The summed E-state index contributed by atoms with van der Waals surface area (Å²) < 4.78 is 33.8. The number of nitrogens with zero attached hydrogens (tertiary/aromatic N) is 2. The van der Waals surface area contributed by atoms with Crippen LogP contribution in [0.3, 0.4) is 0 Å². The lowest BCUT2D eigenvalue weighted by atomic mass is 9.96. The van der Waals surface area contributed by atoms with Crippen molar-refractivity contribution in [3.8, 4) is 5.75 Å². The van der Waals surface area contributed by atoms with E-state index in [1.165, 1.54) is 6.42 Å². The third-order valence-electron chi connectivity index (χ3n) is 5.59. The highest BCUT2D eigenvalue weighted by atomic mass is 32.2. The highest BCUT2D eigenvalue weighted by Gasteiger charge is 2.23. The van der Waals surface area contributed by atoms with E-state index in [2.05, 4.69) is 9.62 Å². The van der Waals surface area contributed by atoms with Crippen molar-refractivity contribution in [2.45, 2.75) is 50.0 Å². The van der Waals surface area contributed by atoms with Crippen molar-refractivity contribution in [3.63, 3.8) is 0 Å². The van der Waals surface area contributed by atoms with Gasteiger partial charge in [-0.05, 0) is 50.6 Å². The molecule has 0 atom stereocenters. The van der Waals surface area contributed by atoms with E-state index < -0.39 is 10.0 Å². The molecule has 1 saturated carbocycles. The van der Waals surface area contributed by atoms with Gasteiger partial charge in [0.2, 0.25) is 10.0 Å². The molecule has 1 aliphatic carbocycles. The van der Waals surface area contributed by atoms with Crippen LogP contribution in [0.15, 0.2) is 23.1 Å². The van der Waals surface area contributed by atoms with Crippen LogP contribution in [0.2, 0.25) is 0 Å². The number of carbonyl (C=O) groups excluding carboxylic acids is 1. The molecule has 2 fully saturated rings. The molecule has 1 aliphatic heterocycles. The van der Waals surface area contributed by atoms with Gasteiger partial charge >= 0.3 is 0 Å². The van der Waals surface area contributed by atoms with E-state index >= 15 is 0 Å². The van der Waals surface area contributed by atoms with Gasteiger partial charge in [0.05, 0.1) is 4.90 Å². The van der Waals surface area contributed by atoms with Gasteiger partial charge in [0, 0.05) is 32.2 Å². The molecule has 0 unspecified atom stereocenters. The van der Waals surface area contributed by atoms with Gasteiger partial charge in [-0.25, -0.2) is 13.1 Å². The molecule has 1 N–H and O–H groups in total. The highest BCUT2D eigenvalue weighted by molar-refractivity contribution is 7.89. The molecule has 1 heterocycles. The Balaban J connectivity index is 1.58. The minimum absolute atomic E-state index is 0.0243. The molecule has 28 heavy (non-hydrogen) atoms. The van der Waals surface area contributed by atoms with Crippen molar-refractivity contribution >= 4 is 15.9 Å². The summed E-state index contributed by atoms with van der Waals surface area (Å²) in [5.41, 5.74) is 0.706. The predicted molar refractivity (Wildman–Crippen MR) is 108 cm³/mol. The lowest BCUT2D eigenvalue weighted by Gasteiger charge is -2.32. The van der Waals surface area contributed by atoms with Crippen molar-refractivity contribution in [1.82, 2.24) is 14.5 Å². The van der Waals surface area contributed by atoms with E-state index in [4.69, 9.17) is 4.74 Å². The van der Waals surface area contributed by atoms with Gasteiger partial charge in [0.1, 0.15) is 5.75 Å². The molecule has 7 nitrogen and oxygen atoms in total. The number of carbonyl (C=O) groups is 1. The second-order valence-corrected chi connectivity index (χ2v) is 9.57. The number of aryl methyl sites for hydroxylation is 1. The van der Waals surface area contributed by atoms with E-state index in [1.54, 1.807) is 25.1 Å². The molecule has 0 bridgehead atoms. The van der Waals surface area contributed by atoms with Crippen LogP contribution >= 0.6 is 0 Å². The monoisotopic (exact) mass is 409 g/mol. The highest BCUT2D eigenvalue weighted by Crippen LogP contribution is 2.24. The fourth-order valence-electron chi connectivity index (χ4n) is 3.75. The van der Waals surface area contributed by atoms with E-state index in [0.29, 0.717) is 24.4 Å². The fraction of sp³-hybridized carbons (Fsp3) is 0.650. The van der Waals surface area contributed by atoms with Gasteiger partial charge in [-0.15, -0.1) is 0 Å². The summed E-state index contributed by atoms with van der Waals surface area (Å²) in [4.78, 5) is 16.6. The van der Waals surface area contributed by atoms with Gasteiger partial charge in [-0.2, -0.15) is 0 Å². The predicted octanol–water partition coefficient (Wildman–Crippen LogP) is 1.76. The Morgan fingerprint density at radius 2 is 1.82 bits per heavy atom. The summed E-state index contributed by atoms with van der Waals surface area (Å²) in [5.74, 6) is 0.502. The number of sulfonamides is 1. The molecule has 2 aliphatic rings. The van der Waals surface area contributed by atoms with E-state index in [-0.39, 0.29) is 23.5 Å². The molecular formula is C20H31N3O4S. The van der Waals surface area contributed by atoms with Gasteiger partial charge in [-0.1, -0.05) is 19.3 Å². The van der Waals surface area contributed by atoms with Gasteiger partial charge < -0.3 is 14.5 Å². The number of likely N-dealkylation sites (N-methyl/N-ethyl adjacent to an activating group) is 1. The number of rotatable bonds is 6. The smallest absolute Gasteiger partial charge is 0.260 e. The summed E-state index contributed by atoms with van der Waals surface area (Å²) in [6.45, 7) is 4.92. The Bertz CT molecular complexity index is 783. The van der Waals surface area contributed by atoms with Crippen molar-refractivity contribution in [2.24, 2.45) is 0 Å². The first kappa shape index (κ1) is 21.1. The summed E-state index contributed by atoms with van der Waals surface area (Å²) in [5, 5.41) is 0.